The molecule has 1 atom stereocenters. The molecule has 5 rings (SSSR count). The summed E-state index contributed by atoms with van der Waals surface area (Å²) in [7, 11) is 1.63. The fourth-order valence-corrected chi connectivity index (χ4v) is 4.56. The number of carbonyl (C=O) groups is 1. The molecule has 188 valence electrons. The second-order valence-corrected chi connectivity index (χ2v) is 8.86. The Balaban J connectivity index is 1.39. The molecule has 4 aromatic carbocycles. The van der Waals surface area contributed by atoms with Crippen molar-refractivity contribution in [3.05, 3.63) is 125 Å². The number of benzene rings is 4. The molecule has 0 bridgehead atoms. The molecule has 0 aliphatic carbocycles. The van der Waals surface area contributed by atoms with Crippen molar-refractivity contribution in [3.8, 4) is 17.2 Å². The average molecular weight is 498 g/mol. The van der Waals surface area contributed by atoms with Crippen LogP contribution in [-0.4, -0.2) is 24.5 Å². The molecule has 0 radical (unpaired) electrons. The largest absolute Gasteiger partial charge is 0.493 e. The fourth-order valence-electron chi connectivity index (χ4n) is 4.56. The third kappa shape index (κ3) is 5.43. The maximum atomic E-state index is 14.4. The number of hydrogen-bond acceptors (Lipinski definition) is 4. The lowest BCUT2D eigenvalue weighted by atomic mass is 9.97. The molecule has 1 aliphatic heterocycles. The molecule has 0 saturated carbocycles. The van der Waals surface area contributed by atoms with Crippen molar-refractivity contribution >= 4 is 5.91 Å². The molecule has 1 aliphatic rings. The Hall–Kier alpha value is -4.32. The molecule has 1 unspecified atom stereocenters. The van der Waals surface area contributed by atoms with E-state index >= 15 is 0 Å². The maximum absolute atomic E-state index is 14.4. The number of amides is 1. The number of nitrogens with zero attached hydrogens (tertiary/aromatic N) is 1. The number of hydrogen-bond donors (Lipinski definition) is 0. The van der Waals surface area contributed by atoms with Crippen LogP contribution >= 0.6 is 0 Å². The molecule has 4 aromatic rings. The number of rotatable bonds is 8. The van der Waals surface area contributed by atoms with E-state index in [1.807, 2.05) is 72.8 Å². The van der Waals surface area contributed by atoms with E-state index in [2.05, 4.69) is 0 Å². The zero-order valence-corrected chi connectivity index (χ0v) is 20.6. The highest BCUT2D eigenvalue weighted by Crippen LogP contribution is 2.38. The van der Waals surface area contributed by atoms with Gasteiger partial charge in [0.2, 0.25) is 6.10 Å². The van der Waals surface area contributed by atoms with Crippen LogP contribution in [0.2, 0.25) is 0 Å². The quantitative estimate of drug-likeness (QED) is 0.294. The summed E-state index contributed by atoms with van der Waals surface area (Å²) < 4.78 is 32.2. The zero-order chi connectivity index (χ0) is 25.6. The Morgan fingerprint density at radius 1 is 0.892 bits per heavy atom. The first kappa shape index (κ1) is 24.4. The SMILES string of the molecule is COc1ccc2c(c1OCc1ccccc1)CCN(C(=O)C(Oc1ccccc1F)c1ccccc1)C2. The van der Waals surface area contributed by atoms with Crippen LogP contribution in [0.15, 0.2) is 97.1 Å². The van der Waals surface area contributed by atoms with Gasteiger partial charge in [0.15, 0.2) is 23.1 Å². The van der Waals surface area contributed by atoms with Crippen molar-refractivity contribution in [2.24, 2.45) is 0 Å². The summed E-state index contributed by atoms with van der Waals surface area (Å²) in [6, 6.07) is 29.1. The van der Waals surface area contributed by atoms with Crippen molar-refractivity contribution in [1.29, 1.82) is 0 Å². The van der Waals surface area contributed by atoms with Crippen molar-refractivity contribution < 1.29 is 23.4 Å². The first-order valence-corrected chi connectivity index (χ1v) is 12.2. The van der Waals surface area contributed by atoms with Crippen LogP contribution in [0.5, 0.6) is 17.2 Å². The van der Waals surface area contributed by atoms with Gasteiger partial charge in [-0.15, -0.1) is 0 Å². The van der Waals surface area contributed by atoms with E-state index in [-0.39, 0.29) is 11.7 Å². The summed E-state index contributed by atoms with van der Waals surface area (Å²) in [5.74, 6) is 0.691. The van der Waals surface area contributed by atoms with Crippen LogP contribution in [-0.2, 0) is 24.4 Å². The summed E-state index contributed by atoms with van der Waals surface area (Å²) in [5, 5.41) is 0. The van der Waals surface area contributed by atoms with Crippen LogP contribution in [0.1, 0.15) is 28.4 Å². The minimum absolute atomic E-state index is 0.0449. The molecular weight excluding hydrogens is 469 g/mol. The maximum Gasteiger partial charge on any atom is 0.268 e. The van der Waals surface area contributed by atoms with Gasteiger partial charge in [-0.2, -0.15) is 0 Å². The molecule has 0 spiro atoms. The number of halogens is 1. The Morgan fingerprint density at radius 3 is 2.32 bits per heavy atom. The first-order valence-electron chi connectivity index (χ1n) is 12.2. The Bertz CT molecular complexity index is 1360. The second-order valence-electron chi connectivity index (χ2n) is 8.86. The summed E-state index contributed by atoms with van der Waals surface area (Å²) in [5.41, 5.74) is 3.75. The number of fused-ring (bicyclic) bond motifs is 1. The molecule has 1 amide bonds. The van der Waals surface area contributed by atoms with E-state index in [0.717, 1.165) is 16.7 Å². The standard InChI is InChI=1S/C31H28FNO4/c1-35-28-17-16-24-20-33(19-18-25(24)30(28)36-21-22-10-4-2-5-11-22)31(34)29(23-12-6-3-7-13-23)37-27-15-9-8-14-26(27)32/h2-17,29H,18-21H2,1H3. The highest BCUT2D eigenvalue weighted by molar-refractivity contribution is 5.83. The number of methoxy groups -OCH3 is 1. The summed E-state index contributed by atoms with van der Waals surface area (Å²) in [6.45, 7) is 1.29. The highest BCUT2D eigenvalue weighted by atomic mass is 19.1. The van der Waals surface area contributed by atoms with Crippen LogP contribution in [0.25, 0.3) is 0 Å². The van der Waals surface area contributed by atoms with E-state index in [1.165, 1.54) is 12.1 Å². The van der Waals surface area contributed by atoms with Gasteiger partial charge in [-0.25, -0.2) is 4.39 Å². The zero-order valence-electron chi connectivity index (χ0n) is 20.6. The molecule has 37 heavy (non-hydrogen) atoms. The lowest BCUT2D eigenvalue weighted by molar-refractivity contribution is -0.140. The van der Waals surface area contributed by atoms with Crippen LogP contribution in [0, 0.1) is 5.82 Å². The highest BCUT2D eigenvalue weighted by Gasteiger charge is 2.32. The van der Waals surface area contributed by atoms with Crippen LogP contribution in [0.4, 0.5) is 4.39 Å². The fraction of sp³-hybridized carbons (Fsp3) is 0.194. The van der Waals surface area contributed by atoms with Gasteiger partial charge in [-0.05, 0) is 35.7 Å². The van der Waals surface area contributed by atoms with E-state index < -0.39 is 11.9 Å². The van der Waals surface area contributed by atoms with Gasteiger partial charge in [0, 0.05) is 24.2 Å². The second kappa shape index (κ2) is 11.2. The Morgan fingerprint density at radius 2 is 1.59 bits per heavy atom. The number of para-hydroxylation sites is 1. The molecule has 1 heterocycles. The van der Waals surface area contributed by atoms with Crippen LogP contribution < -0.4 is 14.2 Å². The minimum Gasteiger partial charge on any atom is -0.493 e. The lowest BCUT2D eigenvalue weighted by Gasteiger charge is -2.33. The monoisotopic (exact) mass is 497 g/mol. The van der Waals surface area contributed by atoms with Gasteiger partial charge in [0.05, 0.1) is 7.11 Å². The normalized spacial score (nSPS) is 13.4. The predicted octanol–water partition coefficient (Wildman–Crippen LogP) is 6.12. The lowest BCUT2D eigenvalue weighted by Crippen LogP contribution is -2.40. The van der Waals surface area contributed by atoms with Crippen molar-refractivity contribution in [3.63, 3.8) is 0 Å². The molecule has 6 heteroatoms. The van der Waals surface area contributed by atoms with Crippen LogP contribution in [0.3, 0.4) is 0 Å². The van der Waals surface area contributed by atoms with E-state index in [4.69, 9.17) is 14.2 Å². The number of carbonyl (C=O) groups excluding carboxylic acids is 1. The summed E-state index contributed by atoms with van der Waals surface area (Å²) >= 11 is 0. The molecule has 0 fully saturated rings. The van der Waals surface area contributed by atoms with Gasteiger partial charge >= 0.3 is 0 Å². The Kier molecular flexibility index (Phi) is 7.36. The van der Waals surface area contributed by atoms with Gasteiger partial charge in [-0.1, -0.05) is 78.9 Å². The average Bonchev–Trinajstić information content (AvgIpc) is 2.95. The van der Waals surface area contributed by atoms with Crippen molar-refractivity contribution in [2.45, 2.75) is 25.7 Å². The van der Waals surface area contributed by atoms with E-state index in [0.29, 0.717) is 43.2 Å². The van der Waals surface area contributed by atoms with Crippen molar-refractivity contribution in [1.82, 2.24) is 4.90 Å². The first-order chi connectivity index (χ1) is 18.1. The third-order valence-electron chi connectivity index (χ3n) is 6.48. The van der Waals surface area contributed by atoms with E-state index in [9.17, 15) is 9.18 Å². The molecule has 0 saturated heterocycles. The molecule has 5 nitrogen and oxygen atoms in total. The van der Waals surface area contributed by atoms with Gasteiger partial charge in [0.25, 0.3) is 5.91 Å². The number of ether oxygens (including phenoxy) is 3. The summed E-state index contributed by atoms with van der Waals surface area (Å²) in [6.07, 6.45) is -0.365. The molecular formula is C31H28FNO4. The smallest absolute Gasteiger partial charge is 0.268 e. The predicted molar refractivity (Wildman–Crippen MR) is 139 cm³/mol. The molecule has 0 N–H and O–H groups in total. The molecule has 0 aromatic heterocycles. The summed E-state index contributed by atoms with van der Waals surface area (Å²) in [4.78, 5) is 15.5. The van der Waals surface area contributed by atoms with E-state index in [1.54, 1.807) is 24.1 Å². The minimum atomic E-state index is -0.966. The topological polar surface area (TPSA) is 48.0 Å². The van der Waals surface area contributed by atoms with Crippen molar-refractivity contribution in [2.75, 3.05) is 13.7 Å². The van der Waals surface area contributed by atoms with Gasteiger partial charge in [0.1, 0.15) is 6.61 Å². The third-order valence-corrected chi connectivity index (χ3v) is 6.48. The van der Waals surface area contributed by atoms with Gasteiger partial charge < -0.3 is 19.1 Å². The Labute approximate surface area is 216 Å². The van der Waals surface area contributed by atoms with Gasteiger partial charge in [-0.3, -0.25) is 4.79 Å².